The first-order chi connectivity index (χ1) is 16.4. The van der Waals surface area contributed by atoms with Crippen LogP contribution in [0.2, 0.25) is 0 Å². The summed E-state index contributed by atoms with van der Waals surface area (Å²) in [5.74, 6) is -2.39. The van der Waals surface area contributed by atoms with E-state index in [-0.39, 0.29) is 22.9 Å². The maximum Gasteiger partial charge on any atom is 0.474 e. The molecule has 1 atom stereocenters. The molecule has 6 rings (SSSR count). The molecule has 0 spiro atoms. The zero-order valence-electron chi connectivity index (χ0n) is 17.8. The molecule has 170 valence electrons. The molecule has 2 aliphatic heterocycles. The number of ether oxygens (including phenoxy) is 2. The highest BCUT2D eigenvalue weighted by molar-refractivity contribution is 5.97. The normalized spacial score (nSPS) is 19.2. The van der Waals surface area contributed by atoms with E-state index in [2.05, 4.69) is 10.1 Å². The largest absolute Gasteiger partial charge is 0.497 e. The fraction of sp³-hybridized carbons (Fsp3) is 0.120. The quantitative estimate of drug-likeness (QED) is 0.408. The van der Waals surface area contributed by atoms with Crippen molar-refractivity contribution in [2.75, 3.05) is 7.11 Å². The third kappa shape index (κ3) is 2.76. The first-order valence-corrected chi connectivity index (χ1v) is 10.5. The second-order valence-corrected chi connectivity index (χ2v) is 7.84. The Morgan fingerprint density at radius 2 is 1.59 bits per heavy atom. The zero-order chi connectivity index (χ0) is 23.5. The molecule has 0 aliphatic carbocycles. The van der Waals surface area contributed by atoms with Crippen molar-refractivity contribution < 1.29 is 22.6 Å². The minimum atomic E-state index is -4.88. The highest BCUT2D eigenvalue weighted by Gasteiger charge is 2.70. The SMILES string of the molecule is COc1ccc(C2=Cc3nc4ccccc4n3C3(C(F)(F)F)OC(c4ccccc4)=NN23)cc1. The Kier molecular flexibility index (Phi) is 4.26. The van der Waals surface area contributed by atoms with Gasteiger partial charge in [-0.25, -0.2) is 4.98 Å². The summed E-state index contributed by atoms with van der Waals surface area (Å²) in [6, 6.07) is 21.9. The van der Waals surface area contributed by atoms with Crippen LogP contribution in [0, 0.1) is 0 Å². The van der Waals surface area contributed by atoms with E-state index in [9.17, 15) is 0 Å². The maximum atomic E-state index is 15.1. The Morgan fingerprint density at radius 1 is 0.882 bits per heavy atom. The monoisotopic (exact) mass is 462 g/mol. The van der Waals surface area contributed by atoms with Crippen LogP contribution in [0.1, 0.15) is 17.0 Å². The first-order valence-electron chi connectivity index (χ1n) is 10.5. The number of hydrogen-bond acceptors (Lipinski definition) is 5. The summed E-state index contributed by atoms with van der Waals surface area (Å²) in [6.07, 6.45) is -3.29. The van der Waals surface area contributed by atoms with Crippen molar-refractivity contribution in [3.05, 3.63) is 95.8 Å². The van der Waals surface area contributed by atoms with Crippen molar-refractivity contribution in [3.8, 4) is 5.75 Å². The van der Waals surface area contributed by atoms with Crippen molar-refractivity contribution in [2.24, 2.45) is 5.10 Å². The molecule has 1 aromatic heterocycles. The van der Waals surface area contributed by atoms with Crippen LogP contribution < -0.4 is 4.74 Å². The van der Waals surface area contributed by atoms with Crippen LogP contribution in [0.4, 0.5) is 13.2 Å². The molecule has 9 heteroatoms. The van der Waals surface area contributed by atoms with Crippen LogP contribution in [-0.4, -0.2) is 33.7 Å². The van der Waals surface area contributed by atoms with Gasteiger partial charge in [-0.3, -0.25) is 4.57 Å². The molecule has 0 fully saturated rings. The molecule has 0 bridgehead atoms. The van der Waals surface area contributed by atoms with Gasteiger partial charge in [0.1, 0.15) is 11.6 Å². The van der Waals surface area contributed by atoms with Gasteiger partial charge in [0.25, 0.3) is 0 Å². The standard InChI is InChI=1S/C25H17F3N4O2/c1-33-18-13-11-16(12-14-18)21-15-22-29-19-9-5-6-10-20(19)31(22)25(24(26,27)28)32(21)30-23(34-25)17-7-3-2-4-8-17/h2-15H,1H3. The molecule has 6 nitrogen and oxygen atoms in total. The van der Waals surface area contributed by atoms with Gasteiger partial charge in [0, 0.05) is 17.2 Å². The molecular weight excluding hydrogens is 445 g/mol. The van der Waals surface area contributed by atoms with Gasteiger partial charge in [0.15, 0.2) is 0 Å². The lowest BCUT2D eigenvalue weighted by atomic mass is 10.1. The Bertz CT molecular complexity index is 1460. The number of imidazole rings is 1. The molecule has 0 amide bonds. The van der Waals surface area contributed by atoms with Crippen LogP contribution in [0.25, 0.3) is 22.8 Å². The van der Waals surface area contributed by atoms with Crippen LogP contribution >= 0.6 is 0 Å². The topological polar surface area (TPSA) is 51.9 Å². The van der Waals surface area contributed by atoms with E-state index >= 15 is 13.2 Å². The van der Waals surface area contributed by atoms with Crippen LogP contribution in [0.3, 0.4) is 0 Å². The van der Waals surface area contributed by atoms with Crippen molar-refractivity contribution in [3.63, 3.8) is 0 Å². The summed E-state index contributed by atoms with van der Waals surface area (Å²) in [4.78, 5) is 4.48. The van der Waals surface area contributed by atoms with E-state index in [4.69, 9.17) is 9.47 Å². The van der Waals surface area contributed by atoms with E-state index < -0.39 is 12.0 Å². The fourth-order valence-corrected chi connectivity index (χ4v) is 4.33. The molecular formula is C25H17F3N4O2. The number of fused-ring (bicyclic) bond motifs is 5. The van der Waals surface area contributed by atoms with E-state index in [1.165, 1.54) is 7.11 Å². The Hall–Kier alpha value is -4.27. The summed E-state index contributed by atoms with van der Waals surface area (Å²) < 4.78 is 57.5. The second-order valence-electron chi connectivity index (χ2n) is 7.84. The van der Waals surface area contributed by atoms with Gasteiger partial charge in [0.05, 0.1) is 23.8 Å². The third-order valence-electron chi connectivity index (χ3n) is 5.88. The van der Waals surface area contributed by atoms with Crippen LogP contribution in [-0.2, 0) is 10.6 Å². The molecule has 0 radical (unpaired) electrons. The average molecular weight is 462 g/mol. The number of rotatable bonds is 3. The number of halogens is 3. The van der Waals surface area contributed by atoms with Gasteiger partial charge in [0.2, 0.25) is 5.90 Å². The molecule has 1 unspecified atom stereocenters. The van der Waals surface area contributed by atoms with Crippen molar-refractivity contribution in [2.45, 2.75) is 12.0 Å². The number of methoxy groups -OCH3 is 1. The summed E-state index contributed by atoms with van der Waals surface area (Å²) >= 11 is 0. The van der Waals surface area contributed by atoms with Gasteiger partial charge in [-0.2, -0.15) is 18.2 Å². The minimum absolute atomic E-state index is 0.116. The van der Waals surface area contributed by atoms with Gasteiger partial charge < -0.3 is 9.47 Å². The van der Waals surface area contributed by atoms with E-state index in [1.54, 1.807) is 84.9 Å². The summed E-state index contributed by atoms with van der Waals surface area (Å²) in [6.45, 7) is 0. The maximum absolute atomic E-state index is 15.1. The molecule has 34 heavy (non-hydrogen) atoms. The van der Waals surface area contributed by atoms with Crippen LogP contribution in [0.5, 0.6) is 5.75 Å². The first kappa shape index (κ1) is 20.3. The molecule has 0 saturated heterocycles. The lowest BCUT2D eigenvalue weighted by Crippen LogP contribution is -2.58. The summed E-state index contributed by atoms with van der Waals surface area (Å²) in [7, 11) is 1.52. The molecule has 3 heterocycles. The zero-order valence-corrected chi connectivity index (χ0v) is 17.8. The lowest BCUT2D eigenvalue weighted by molar-refractivity contribution is -0.328. The number of nitrogens with zero attached hydrogens (tertiary/aromatic N) is 4. The number of hydrogen-bond donors (Lipinski definition) is 0. The summed E-state index contributed by atoms with van der Waals surface area (Å²) in [5.41, 5.74) is 1.85. The molecule has 0 N–H and O–H groups in total. The minimum Gasteiger partial charge on any atom is -0.497 e. The molecule has 2 aliphatic rings. The van der Waals surface area contributed by atoms with E-state index in [0.717, 1.165) is 9.58 Å². The average Bonchev–Trinajstić information content (AvgIpc) is 3.44. The summed E-state index contributed by atoms with van der Waals surface area (Å²) in [5, 5.41) is 5.27. The predicted octanol–water partition coefficient (Wildman–Crippen LogP) is 5.42. The molecule has 4 aromatic rings. The van der Waals surface area contributed by atoms with Crippen molar-refractivity contribution >= 4 is 28.7 Å². The second kappa shape index (κ2) is 7.11. The van der Waals surface area contributed by atoms with E-state index in [1.807, 2.05) is 0 Å². The van der Waals surface area contributed by atoms with E-state index in [0.29, 0.717) is 22.4 Å². The Labute approximate surface area is 192 Å². The number of aromatic nitrogens is 2. The Balaban J connectivity index is 1.66. The predicted molar refractivity (Wildman–Crippen MR) is 121 cm³/mol. The number of benzene rings is 3. The number of hydrazone groups is 1. The third-order valence-corrected chi connectivity index (χ3v) is 5.88. The molecule has 3 aromatic carbocycles. The highest BCUT2D eigenvalue weighted by Crippen LogP contribution is 2.53. The highest BCUT2D eigenvalue weighted by atomic mass is 19.4. The Morgan fingerprint density at radius 3 is 2.29 bits per heavy atom. The van der Waals surface area contributed by atoms with Gasteiger partial charge in [-0.1, -0.05) is 30.3 Å². The van der Waals surface area contributed by atoms with Crippen molar-refractivity contribution in [1.29, 1.82) is 0 Å². The fourth-order valence-electron chi connectivity index (χ4n) is 4.33. The van der Waals surface area contributed by atoms with Gasteiger partial charge in [-0.05, 0) is 48.5 Å². The smallest absolute Gasteiger partial charge is 0.474 e. The molecule has 0 saturated carbocycles. The van der Waals surface area contributed by atoms with Gasteiger partial charge in [-0.15, -0.1) is 5.10 Å². The van der Waals surface area contributed by atoms with Crippen molar-refractivity contribution in [1.82, 2.24) is 14.6 Å². The number of para-hydroxylation sites is 2. The number of alkyl halides is 3. The van der Waals surface area contributed by atoms with Gasteiger partial charge >= 0.3 is 12.0 Å². The van der Waals surface area contributed by atoms with Crippen LogP contribution in [0.15, 0.2) is 84.0 Å². The lowest BCUT2D eigenvalue weighted by Gasteiger charge is -2.41.